The van der Waals surface area contributed by atoms with Gasteiger partial charge in [0.05, 0.1) is 17.9 Å². The Morgan fingerprint density at radius 3 is 2.75 bits per heavy atom. The van der Waals surface area contributed by atoms with E-state index in [0.717, 1.165) is 11.1 Å². The molecule has 0 aliphatic rings. The minimum absolute atomic E-state index is 0.332. The lowest BCUT2D eigenvalue weighted by atomic mass is 10.0. The van der Waals surface area contributed by atoms with Crippen LogP contribution >= 0.6 is 11.6 Å². The van der Waals surface area contributed by atoms with E-state index in [9.17, 15) is 0 Å². The van der Waals surface area contributed by atoms with Crippen LogP contribution in [0.5, 0.6) is 0 Å². The van der Waals surface area contributed by atoms with Crippen molar-refractivity contribution in [2.75, 3.05) is 0 Å². The van der Waals surface area contributed by atoms with Crippen molar-refractivity contribution in [2.45, 2.75) is 13.0 Å². The lowest BCUT2D eigenvalue weighted by Crippen LogP contribution is -2.14. The Morgan fingerprint density at radius 2 is 2.12 bits per heavy atom. The van der Waals surface area contributed by atoms with Crippen LogP contribution in [0.3, 0.4) is 0 Å². The van der Waals surface area contributed by atoms with Crippen molar-refractivity contribution < 1.29 is 0 Å². The molecule has 82 valence electrons. The zero-order chi connectivity index (χ0) is 11.5. The maximum Gasteiger partial charge on any atom is 0.0799 e. The molecule has 16 heavy (non-hydrogen) atoms. The fourth-order valence-electron chi connectivity index (χ4n) is 1.51. The summed E-state index contributed by atoms with van der Waals surface area (Å²) in [4.78, 5) is 8.17. The van der Waals surface area contributed by atoms with Crippen LogP contribution in [0.25, 0.3) is 0 Å². The summed E-state index contributed by atoms with van der Waals surface area (Å²) in [5.41, 5.74) is 8.78. The summed E-state index contributed by atoms with van der Waals surface area (Å²) in [5, 5.41) is 0.665. The first-order chi connectivity index (χ1) is 7.68. The van der Waals surface area contributed by atoms with Crippen molar-refractivity contribution in [2.24, 2.45) is 5.73 Å². The molecule has 0 bridgehead atoms. The van der Waals surface area contributed by atoms with E-state index in [4.69, 9.17) is 17.3 Å². The Morgan fingerprint density at radius 1 is 1.31 bits per heavy atom. The highest BCUT2D eigenvalue weighted by molar-refractivity contribution is 6.31. The summed E-state index contributed by atoms with van der Waals surface area (Å²) in [7, 11) is 0. The third-order valence-electron chi connectivity index (χ3n) is 2.39. The Bertz CT molecular complexity index is 485. The quantitative estimate of drug-likeness (QED) is 0.867. The van der Waals surface area contributed by atoms with Crippen LogP contribution in [0.2, 0.25) is 5.02 Å². The van der Waals surface area contributed by atoms with Gasteiger partial charge in [-0.25, -0.2) is 0 Å². The predicted octanol–water partition coefficient (Wildman–Crippen LogP) is 2.49. The number of hydrogen-bond acceptors (Lipinski definition) is 3. The summed E-state index contributed by atoms with van der Waals surface area (Å²) < 4.78 is 0. The number of benzene rings is 1. The van der Waals surface area contributed by atoms with Crippen molar-refractivity contribution in [3.05, 3.63) is 58.6 Å². The van der Waals surface area contributed by atoms with Crippen LogP contribution in [-0.4, -0.2) is 9.97 Å². The van der Waals surface area contributed by atoms with Gasteiger partial charge in [0.25, 0.3) is 0 Å². The van der Waals surface area contributed by atoms with Gasteiger partial charge in [0.2, 0.25) is 0 Å². The number of aromatic nitrogens is 2. The molecule has 1 aromatic carbocycles. The predicted molar refractivity (Wildman–Crippen MR) is 64.3 cm³/mol. The number of nitrogens with zero attached hydrogens (tertiary/aromatic N) is 2. The van der Waals surface area contributed by atoms with Gasteiger partial charge >= 0.3 is 0 Å². The monoisotopic (exact) mass is 233 g/mol. The van der Waals surface area contributed by atoms with E-state index in [-0.39, 0.29) is 6.04 Å². The molecule has 1 unspecified atom stereocenters. The van der Waals surface area contributed by atoms with Gasteiger partial charge in [-0.05, 0) is 24.1 Å². The summed E-state index contributed by atoms with van der Waals surface area (Å²) in [5.74, 6) is 0. The van der Waals surface area contributed by atoms with Gasteiger partial charge in [0, 0.05) is 17.4 Å². The van der Waals surface area contributed by atoms with E-state index >= 15 is 0 Å². The molecule has 0 amide bonds. The third kappa shape index (κ3) is 2.21. The highest BCUT2D eigenvalue weighted by Crippen LogP contribution is 2.25. The molecule has 0 radical (unpaired) electrons. The van der Waals surface area contributed by atoms with E-state index in [1.165, 1.54) is 0 Å². The number of rotatable bonds is 2. The second-order valence-electron chi connectivity index (χ2n) is 3.63. The molecule has 1 heterocycles. The van der Waals surface area contributed by atoms with Gasteiger partial charge in [-0.15, -0.1) is 0 Å². The van der Waals surface area contributed by atoms with E-state index in [2.05, 4.69) is 9.97 Å². The van der Waals surface area contributed by atoms with E-state index in [1.807, 2.05) is 25.1 Å². The standard InChI is InChI=1S/C12H12ClN3/c1-8-2-3-9(10(13)6-8)12(14)11-7-15-4-5-16-11/h2-7,12H,14H2,1H3. The second kappa shape index (κ2) is 4.60. The first-order valence-electron chi connectivity index (χ1n) is 4.96. The fraction of sp³-hybridized carbons (Fsp3) is 0.167. The Balaban J connectivity index is 2.38. The molecule has 0 saturated heterocycles. The molecule has 2 N–H and O–H groups in total. The number of halogens is 1. The first kappa shape index (κ1) is 11.0. The summed E-state index contributed by atoms with van der Waals surface area (Å²) in [6.45, 7) is 1.99. The molecule has 0 spiro atoms. The van der Waals surface area contributed by atoms with Crippen LogP contribution in [0, 0.1) is 6.92 Å². The minimum Gasteiger partial charge on any atom is -0.319 e. The molecular weight excluding hydrogens is 222 g/mol. The minimum atomic E-state index is -0.332. The number of aryl methyl sites for hydroxylation is 1. The van der Waals surface area contributed by atoms with Gasteiger partial charge in [-0.2, -0.15) is 0 Å². The lowest BCUT2D eigenvalue weighted by molar-refractivity contribution is 0.817. The summed E-state index contributed by atoms with van der Waals surface area (Å²) in [6, 6.07) is 5.48. The smallest absolute Gasteiger partial charge is 0.0799 e. The SMILES string of the molecule is Cc1ccc(C(N)c2cnccn2)c(Cl)c1. The molecule has 1 aromatic heterocycles. The van der Waals surface area contributed by atoms with Crippen LogP contribution < -0.4 is 5.73 Å². The second-order valence-corrected chi connectivity index (χ2v) is 4.04. The lowest BCUT2D eigenvalue weighted by Gasteiger charge is -2.13. The highest BCUT2D eigenvalue weighted by Gasteiger charge is 2.13. The van der Waals surface area contributed by atoms with Crippen molar-refractivity contribution >= 4 is 11.6 Å². The Hall–Kier alpha value is -1.45. The van der Waals surface area contributed by atoms with E-state index in [1.54, 1.807) is 18.6 Å². The average Bonchev–Trinajstić information content (AvgIpc) is 2.29. The molecule has 2 rings (SSSR count). The molecule has 0 fully saturated rings. The zero-order valence-electron chi connectivity index (χ0n) is 8.89. The normalized spacial score (nSPS) is 12.4. The van der Waals surface area contributed by atoms with E-state index in [0.29, 0.717) is 10.7 Å². The molecule has 2 aromatic rings. The number of nitrogens with two attached hydrogens (primary N) is 1. The zero-order valence-corrected chi connectivity index (χ0v) is 9.65. The summed E-state index contributed by atoms with van der Waals surface area (Å²) >= 11 is 6.15. The first-order valence-corrected chi connectivity index (χ1v) is 5.34. The third-order valence-corrected chi connectivity index (χ3v) is 2.72. The largest absolute Gasteiger partial charge is 0.319 e. The van der Waals surface area contributed by atoms with Gasteiger partial charge in [-0.3, -0.25) is 9.97 Å². The van der Waals surface area contributed by atoms with Crippen LogP contribution in [0.1, 0.15) is 22.9 Å². The molecule has 0 saturated carbocycles. The van der Waals surface area contributed by atoms with Crippen LogP contribution in [-0.2, 0) is 0 Å². The highest BCUT2D eigenvalue weighted by atomic mass is 35.5. The maximum absolute atomic E-state index is 6.15. The Labute approximate surface area is 99.3 Å². The van der Waals surface area contributed by atoms with Gasteiger partial charge in [0.1, 0.15) is 0 Å². The maximum atomic E-state index is 6.15. The molecule has 0 aliphatic heterocycles. The van der Waals surface area contributed by atoms with Crippen LogP contribution in [0.4, 0.5) is 0 Å². The van der Waals surface area contributed by atoms with Gasteiger partial charge < -0.3 is 5.73 Å². The van der Waals surface area contributed by atoms with Crippen molar-refractivity contribution in [3.8, 4) is 0 Å². The molecule has 1 atom stereocenters. The molecule has 3 nitrogen and oxygen atoms in total. The van der Waals surface area contributed by atoms with E-state index < -0.39 is 0 Å². The average molecular weight is 234 g/mol. The Kier molecular flexibility index (Phi) is 3.17. The van der Waals surface area contributed by atoms with Crippen molar-refractivity contribution in [1.29, 1.82) is 0 Å². The fourth-order valence-corrected chi connectivity index (χ4v) is 1.87. The molecule has 0 aliphatic carbocycles. The van der Waals surface area contributed by atoms with Gasteiger partial charge in [-0.1, -0.05) is 23.7 Å². The van der Waals surface area contributed by atoms with Crippen molar-refractivity contribution in [1.82, 2.24) is 9.97 Å². The molecule has 4 heteroatoms. The topological polar surface area (TPSA) is 51.8 Å². The van der Waals surface area contributed by atoms with Gasteiger partial charge in [0.15, 0.2) is 0 Å². The van der Waals surface area contributed by atoms with Crippen LogP contribution in [0.15, 0.2) is 36.8 Å². The van der Waals surface area contributed by atoms with Crippen molar-refractivity contribution in [3.63, 3.8) is 0 Å². The summed E-state index contributed by atoms with van der Waals surface area (Å²) in [6.07, 6.45) is 4.89. The molecular formula is C12H12ClN3. The number of hydrogen-bond donors (Lipinski definition) is 1.